The van der Waals surface area contributed by atoms with Crippen molar-refractivity contribution in [1.82, 2.24) is 0 Å². The zero-order valence-electron chi connectivity index (χ0n) is 12.7. The number of hydrogen-bond donors (Lipinski definition) is 1. The molecule has 3 rings (SSSR count). The first-order chi connectivity index (χ1) is 10.1. The summed E-state index contributed by atoms with van der Waals surface area (Å²) >= 11 is 1.84. The fourth-order valence-electron chi connectivity index (χ4n) is 3.22. The number of nitrogens with zero attached hydrogens (tertiary/aromatic N) is 1. The lowest BCUT2D eigenvalue weighted by atomic mass is 9.98. The van der Waals surface area contributed by atoms with Gasteiger partial charge in [0.25, 0.3) is 0 Å². The van der Waals surface area contributed by atoms with E-state index in [1.807, 2.05) is 23.5 Å². The Balaban J connectivity index is 2.05. The molecule has 1 unspecified atom stereocenters. The average molecular weight is 303 g/mol. The van der Waals surface area contributed by atoms with E-state index in [1.165, 1.54) is 10.4 Å². The third-order valence-corrected chi connectivity index (χ3v) is 5.26. The number of fused-ring (bicyclic) bond motifs is 1. The lowest BCUT2D eigenvalue weighted by Gasteiger charge is -2.37. The molecule has 2 aromatic rings. The summed E-state index contributed by atoms with van der Waals surface area (Å²) in [4.78, 5) is 3.86. The Morgan fingerprint density at radius 1 is 1.38 bits per heavy atom. The molecule has 4 heteroatoms. The summed E-state index contributed by atoms with van der Waals surface area (Å²) in [5, 5.41) is 12.4. The van der Waals surface area contributed by atoms with E-state index in [4.69, 9.17) is 4.74 Å². The SMILES string of the molecule is COc1cccc(N2CCc3sccc3C2C)c1[C@H](C)O. The fraction of sp³-hybridized carbons (Fsp3) is 0.412. The molecule has 0 bridgehead atoms. The van der Waals surface area contributed by atoms with Gasteiger partial charge in [-0.2, -0.15) is 0 Å². The third kappa shape index (κ3) is 2.43. The standard InChI is InChI=1S/C17H21NO2S/c1-11-13-8-10-21-16(13)7-9-18(11)14-5-4-6-15(20-3)17(14)12(2)19/h4-6,8,10-12,19H,7,9H2,1-3H3/t11?,12-/m0/s1. The van der Waals surface area contributed by atoms with Gasteiger partial charge >= 0.3 is 0 Å². The molecule has 3 nitrogen and oxygen atoms in total. The van der Waals surface area contributed by atoms with Crippen LogP contribution in [-0.4, -0.2) is 18.8 Å². The lowest BCUT2D eigenvalue weighted by molar-refractivity contribution is 0.194. The van der Waals surface area contributed by atoms with Crippen LogP contribution in [0.25, 0.3) is 0 Å². The molecular formula is C17H21NO2S. The Hall–Kier alpha value is -1.52. The summed E-state index contributed by atoms with van der Waals surface area (Å²) in [5.41, 5.74) is 3.37. The van der Waals surface area contributed by atoms with E-state index < -0.39 is 6.10 Å². The highest BCUT2D eigenvalue weighted by molar-refractivity contribution is 7.10. The van der Waals surface area contributed by atoms with Gasteiger partial charge in [0.2, 0.25) is 0 Å². The molecule has 112 valence electrons. The normalized spacial score (nSPS) is 19.2. The van der Waals surface area contributed by atoms with Crippen LogP contribution < -0.4 is 9.64 Å². The van der Waals surface area contributed by atoms with Gasteiger partial charge in [-0.3, -0.25) is 0 Å². The number of benzene rings is 1. The molecule has 2 atom stereocenters. The topological polar surface area (TPSA) is 32.7 Å². The van der Waals surface area contributed by atoms with Crippen LogP contribution in [0.15, 0.2) is 29.6 Å². The first-order valence-electron chi connectivity index (χ1n) is 7.31. The van der Waals surface area contributed by atoms with Crippen LogP contribution in [0.3, 0.4) is 0 Å². The molecule has 0 fully saturated rings. The fourth-order valence-corrected chi connectivity index (χ4v) is 4.18. The van der Waals surface area contributed by atoms with Gasteiger partial charge in [-0.15, -0.1) is 11.3 Å². The van der Waals surface area contributed by atoms with E-state index in [0.29, 0.717) is 6.04 Å². The van der Waals surface area contributed by atoms with Crippen LogP contribution in [0.1, 0.15) is 42.0 Å². The van der Waals surface area contributed by atoms with Crippen molar-refractivity contribution in [3.05, 3.63) is 45.6 Å². The third-order valence-electron chi connectivity index (χ3n) is 4.27. The minimum absolute atomic E-state index is 0.324. The summed E-state index contributed by atoms with van der Waals surface area (Å²) < 4.78 is 5.44. The van der Waals surface area contributed by atoms with Crippen molar-refractivity contribution in [3.8, 4) is 5.75 Å². The summed E-state index contributed by atoms with van der Waals surface area (Å²) in [6.45, 7) is 5.00. The molecule has 0 aliphatic carbocycles. The minimum Gasteiger partial charge on any atom is -0.496 e. The van der Waals surface area contributed by atoms with E-state index in [2.05, 4.69) is 29.3 Å². The number of anilines is 1. The molecule has 21 heavy (non-hydrogen) atoms. The van der Waals surface area contributed by atoms with Crippen molar-refractivity contribution < 1.29 is 9.84 Å². The maximum absolute atomic E-state index is 10.2. The lowest BCUT2D eigenvalue weighted by Crippen LogP contribution is -2.34. The maximum atomic E-state index is 10.2. The predicted molar refractivity (Wildman–Crippen MR) is 87.4 cm³/mol. The minimum atomic E-state index is -0.549. The highest BCUT2D eigenvalue weighted by Gasteiger charge is 2.28. The van der Waals surface area contributed by atoms with E-state index in [-0.39, 0.29) is 0 Å². The molecule has 1 aliphatic rings. The number of methoxy groups -OCH3 is 1. The van der Waals surface area contributed by atoms with Crippen molar-refractivity contribution in [2.24, 2.45) is 0 Å². The van der Waals surface area contributed by atoms with Crippen molar-refractivity contribution in [2.75, 3.05) is 18.6 Å². The van der Waals surface area contributed by atoms with Crippen LogP contribution in [-0.2, 0) is 6.42 Å². The number of ether oxygens (including phenoxy) is 1. The van der Waals surface area contributed by atoms with E-state index in [9.17, 15) is 5.11 Å². The van der Waals surface area contributed by atoms with Crippen LogP contribution in [0.4, 0.5) is 5.69 Å². The van der Waals surface area contributed by atoms with Gasteiger partial charge in [-0.1, -0.05) is 6.07 Å². The average Bonchev–Trinajstić information content (AvgIpc) is 2.96. The second-order valence-corrected chi connectivity index (χ2v) is 6.49. The zero-order valence-corrected chi connectivity index (χ0v) is 13.5. The first-order valence-corrected chi connectivity index (χ1v) is 8.19. The smallest absolute Gasteiger partial charge is 0.126 e. The van der Waals surface area contributed by atoms with Gasteiger partial charge < -0.3 is 14.7 Å². The Labute approximate surface area is 129 Å². The van der Waals surface area contributed by atoms with Crippen molar-refractivity contribution in [2.45, 2.75) is 32.4 Å². The van der Waals surface area contributed by atoms with Crippen molar-refractivity contribution >= 4 is 17.0 Å². The quantitative estimate of drug-likeness (QED) is 0.932. The molecule has 2 heterocycles. The summed E-state index contributed by atoms with van der Waals surface area (Å²) in [6.07, 6.45) is 0.514. The number of aliphatic hydroxyl groups excluding tert-OH is 1. The molecule has 1 N–H and O–H groups in total. The maximum Gasteiger partial charge on any atom is 0.126 e. The van der Waals surface area contributed by atoms with E-state index in [0.717, 1.165) is 30.0 Å². The van der Waals surface area contributed by atoms with E-state index in [1.54, 1.807) is 14.0 Å². The Bertz CT molecular complexity index is 635. The Kier molecular flexibility index (Phi) is 3.91. The molecule has 0 saturated heterocycles. The molecule has 1 aliphatic heterocycles. The predicted octanol–water partition coefficient (Wildman–Crippen LogP) is 3.93. The van der Waals surface area contributed by atoms with Gasteiger partial charge in [0.05, 0.1) is 19.3 Å². The molecule has 0 radical (unpaired) electrons. The van der Waals surface area contributed by atoms with Crippen molar-refractivity contribution in [3.63, 3.8) is 0 Å². The Morgan fingerprint density at radius 2 is 2.19 bits per heavy atom. The highest BCUT2D eigenvalue weighted by Crippen LogP contribution is 2.41. The van der Waals surface area contributed by atoms with E-state index >= 15 is 0 Å². The van der Waals surface area contributed by atoms with Gasteiger partial charge in [0.15, 0.2) is 0 Å². The summed E-state index contributed by atoms with van der Waals surface area (Å²) in [5.74, 6) is 0.755. The Morgan fingerprint density at radius 3 is 2.90 bits per heavy atom. The highest BCUT2D eigenvalue weighted by atomic mass is 32.1. The second kappa shape index (κ2) is 5.70. The number of rotatable bonds is 3. The zero-order chi connectivity index (χ0) is 15.0. The number of hydrogen-bond acceptors (Lipinski definition) is 4. The summed E-state index contributed by atoms with van der Waals surface area (Å²) in [6, 6.07) is 8.54. The van der Waals surface area contributed by atoms with Crippen LogP contribution in [0, 0.1) is 0 Å². The number of aliphatic hydroxyl groups is 1. The number of thiophene rings is 1. The molecule has 0 saturated carbocycles. The first kappa shape index (κ1) is 14.4. The molecular weight excluding hydrogens is 282 g/mol. The largest absolute Gasteiger partial charge is 0.496 e. The molecule has 1 aromatic carbocycles. The summed E-state index contributed by atoms with van der Waals surface area (Å²) in [7, 11) is 1.65. The monoisotopic (exact) mass is 303 g/mol. The molecule has 0 spiro atoms. The molecule has 1 aromatic heterocycles. The van der Waals surface area contributed by atoms with Gasteiger partial charge in [0.1, 0.15) is 5.75 Å². The van der Waals surface area contributed by atoms with Crippen LogP contribution in [0.5, 0.6) is 5.75 Å². The second-order valence-electron chi connectivity index (χ2n) is 5.49. The van der Waals surface area contributed by atoms with Crippen LogP contribution in [0.2, 0.25) is 0 Å². The van der Waals surface area contributed by atoms with Crippen molar-refractivity contribution in [1.29, 1.82) is 0 Å². The molecule has 0 amide bonds. The van der Waals surface area contributed by atoms with Gasteiger partial charge in [0, 0.05) is 22.7 Å². The van der Waals surface area contributed by atoms with Gasteiger partial charge in [-0.05, 0) is 49.4 Å². The van der Waals surface area contributed by atoms with Gasteiger partial charge in [-0.25, -0.2) is 0 Å². The van der Waals surface area contributed by atoms with Crippen LogP contribution >= 0.6 is 11.3 Å².